The number of rotatable bonds is 5. The lowest BCUT2D eigenvalue weighted by atomic mass is 9.84. The molecule has 6 nitrogen and oxygen atoms in total. The molecule has 2 heterocycles. The number of carbonyl (C=O) groups is 1. The molecule has 136 valence electrons. The van der Waals surface area contributed by atoms with Gasteiger partial charge in [-0.1, -0.05) is 37.6 Å². The van der Waals surface area contributed by atoms with Gasteiger partial charge < -0.3 is 5.32 Å². The molecule has 0 aliphatic carbocycles. The van der Waals surface area contributed by atoms with Crippen LogP contribution in [0.15, 0.2) is 30.3 Å². The summed E-state index contributed by atoms with van der Waals surface area (Å²) in [5.41, 5.74) is 2.23. The van der Waals surface area contributed by atoms with Crippen molar-refractivity contribution in [3.8, 4) is 0 Å². The highest BCUT2D eigenvalue weighted by atomic mass is 35.5. The topological polar surface area (TPSA) is 72.2 Å². The first-order valence-corrected chi connectivity index (χ1v) is 9.06. The second-order valence-electron chi connectivity index (χ2n) is 6.44. The van der Waals surface area contributed by atoms with Gasteiger partial charge in [-0.2, -0.15) is 4.98 Å². The van der Waals surface area contributed by atoms with Crippen molar-refractivity contribution in [1.29, 1.82) is 0 Å². The van der Waals surface area contributed by atoms with Gasteiger partial charge in [0.2, 0.25) is 5.82 Å². The van der Waals surface area contributed by atoms with Gasteiger partial charge in [0.15, 0.2) is 0 Å². The molecule has 26 heavy (non-hydrogen) atoms. The van der Waals surface area contributed by atoms with E-state index in [0.29, 0.717) is 10.8 Å². The van der Waals surface area contributed by atoms with E-state index in [1.807, 2.05) is 58.0 Å². The Hall–Kier alpha value is -2.47. The van der Waals surface area contributed by atoms with Gasteiger partial charge in [0.05, 0.1) is 5.54 Å². The first-order chi connectivity index (χ1) is 12.4. The third kappa shape index (κ3) is 3.29. The molecule has 0 spiro atoms. The van der Waals surface area contributed by atoms with E-state index in [9.17, 15) is 4.79 Å². The van der Waals surface area contributed by atoms with Gasteiger partial charge >= 0.3 is 0 Å². The first-order valence-electron chi connectivity index (χ1n) is 8.68. The minimum Gasteiger partial charge on any atom is -0.340 e. The molecule has 0 atom stereocenters. The van der Waals surface area contributed by atoms with Gasteiger partial charge in [-0.15, -0.1) is 5.10 Å². The van der Waals surface area contributed by atoms with Crippen molar-refractivity contribution in [2.45, 2.75) is 46.1 Å². The smallest absolute Gasteiger partial charge is 0.291 e. The highest BCUT2D eigenvalue weighted by Crippen LogP contribution is 2.30. The van der Waals surface area contributed by atoms with Gasteiger partial charge in [0.25, 0.3) is 11.7 Å². The fourth-order valence-corrected chi connectivity index (χ4v) is 3.34. The lowest BCUT2D eigenvalue weighted by Gasteiger charge is -2.33. The Labute approximate surface area is 157 Å². The quantitative estimate of drug-likeness (QED) is 0.739. The largest absolute Gasteiger partial charge is 0.340 e. The van der Waals surface area contributed by atoms with Gasteiger partial charge in [-0.25, -0.2) is 9.50 Å². The van der Waals surface area contributed by atoms with E-state index in [0.717, 1.165) is 29.8 Å². The number of hydrogen-bond donors (Lipinski definition) is 1. The van der Waals surface area contributed by atoms with Gasteiger partial charge in [0, 0.05) is 16.4 Å². The summed E-state index contributed by atoms with van der Waals surface area (Å²) in [7, 11) is 0. The molecule has 3 aromatic rings. The Kier molecular flexibility index (Phi) is 4.96. The zero-order chi connectivity index (χ0) is 18.9. The predicted molar refractivity (Wildman–Crippen MR) is 101 cm³/mol. The van der Waals surface area contributed by atoms with Crippen LogP contribution in [0.2, 0.25) is 5.02 Å². The minimum atomic E-state index is -0.502. The molecule has 0 bridgehead atoms. The van der Waals surface area contributed by atoms with Crippen molar-refractivity contribution in [2.24, 2.45) is 0 Å². The maximum atomic E-state index is 12.9. The molecule has 0 fully saturated rings. The molecule has 0 saturated heterocycles. The second kappa shape index (κ2) is 7.03. The average Bonchev–Trinajstić information content (AvgIpc) is 3.05. The van der Waals surface area contributed by atoms with Crippen molar-refractivity contribution < 1.29 is 4.79 Å². The predicted octanol–water partition coefficient (Wildman–Crippen LogP) is 3.84. The second-order valence-corrected chi connectivity index (χ2v) is 6.87. The van der Waals surface area contributed by atoms with Crippen LogP contribution in [0.3, 0.4) is 0 Å². The summed E-state index contributed by atoms with van der Waals surface area (Å²) < 4.78 is 1.59. The van der Waals surface area contributed by atoms with Crippen LogP contribution in [0.4, 0.5) is 0 Å². The van der Waals surface area contributed by atoms with Crippen molar-refractivity contribution in [3.63, 3.8) is 0 Å². The number of nitrogens with one attached hydrogen (secondary N) is 1. The van der Waals surface area contributed by atoms with Crippen LogP contribution >= 0.6 is 11.6 Å². The third-order valence-electron chi connectivity index (χ3n) is 4.78. The summed E-state index contributed by atoms with van der Waals surface area (Å²) in [6.07, 6.45) is 1.47. The van der Waals surface area contributed by atoms with Crippen molar-refractivity contribution in [2.75, 3.05) is 0 Å². The number of carbonyl (C=O) groups excluding carboxylic acids is 1. The maximum Gasteiger partial charge on any atom is 0.291 e. The molecule has 0 saturated carbocycles. The number of benzene rings is 1. The van der Waals surface area contributed by atoms with E-state index in [1.165, 1.54) is 0 Å². The van der Waals surface area contributed by atoms with Crippen molar-refractivity contribution in [1.82, 2.24) is 24.9 Å². The molecule has 7 heteroatoms. The lowest BCUT2D eigenvalue weighted by Crippen LogP contribution is -2.45. The van der Waals surface area contributed by atoms with Crippen LogP contribution in [-0.2, 0) is 5.54 Å². The highest BCUT2D eigenvalue weighted by molar-refractivity contribution is 6.30. The minimum absolute atomic E-state index is 0.117. The zero-order valence-corrected chi connectivity index (χ0v) is 16.1. The van der Waals surface area contributed by atoms with E-state index < -0.39 is 5.54 Å². The normalized spacial score (nSPS) is 11.7. The molecule has 2 aromatic heterocycles. The van der Waals surface area contributed by atoms with Gasteiger partial charge in [-0.3, -0.25) is 4.79 Å². The monoisotopic (exact) mass is 371 g/mol. The molecule has 1 N–H and O–H groups in total. The Morgan fingerprint density at radius 2 is 1.81 bits per heavy atom. The highest BCUT2D eigenvalue weighted by Gasteiger charge is 2.32. The van der Waals surface area contributed by atoms with E-state index in [2.05, 4.69) is 20.4 Å². The third-order valence-corrected chi connectivity index (χ3v) is 5.03. The number of amides is 1. The summed E-state index contributed by atoms with van der Waals surface area (Å²) in [5, 5.41) is 8.12. The Morgan fingerprint density at radius 3 is 2.42 bits per heavy atom. The number of nitrogens with zero attached hydrogens (tertiary/aromatic N) is 4. The molecule has 1 aromatic carbocycles. The van der Waals surface area contributed by atoms with E-state index in [-0.39, 0.29) is 11.7 Å². The summed E-state index contributed by atoms with van der Waals surface area (Å²) in [5.74, 6) is 0.232. The van der Waals surface area contributed by atoms with E-state index in [1.54, 1.807) is 4.52 Å². The van der Waals surface area contributed by atoms with Crippen LogP contribution in [-0.4, -0.2) is 25.5 Å². The fraction of sp³-hybridized carbons (Fsp3) is 0.368. The summed E-state index contributed by atoms with van der Waals surface area (Å²) in [4.78, 5) is 21.5. The van der Waals surface area contributed by atoms with Crippen molar-refractivity contribution in [3.05, 3.63) is 58.1 Å². The summed E-state index contributed by atoms with van der Waals surface area (Å²) in [6, 6.07) is 9.47. The number of aromatic nitrogens is 4. The summed E-state index contributed by atoms with van der Waals surface area (Å²) in [6.45, 7) is 7.89. The number of hydrogen-bond acceptors (Lipinski definition) is 4. The molecular weight excluding hydrogens is 350 g/mol. The number of aryl methyl sites for hydroxylation is 2. The molecule has 0 unspecified atom stereocenters. The Balaban J connectivity index is 1.96. The first kappa shape index (κ1) is 18.3. The molecule has 0 aliphatic rings. The number of halogens is 1. The van der Waals surface area contributed by atoms with E-state index in [4.69, 9.17) is 11.6 Å². The van der Waals surface area contributed by atoms with Crippen LogP contribution in [0.5, 0.6) is 0 Å². The van der Waals surface area contributed by atoms with Crippen LogP contribution < -0.4 is 5.32 Å². The maximum absolute atomic E-state index is 12.9. The fourth-order valence-electron chi connectivity index (χ4n) is 3.21. The van der Waals surface area contributed by atoms with Gasteiger partial charge in [0.1, 0.15) is 0 Å². The van der Waals surface area contributed by atoms with Crippen LogP contribution in [0.1, 0.15) is 54.3 Å². The standard InChI is InChI=1S/C19H22ClN5O/c1-5-19(6-2,14-7-9-15(20)10-8-14)23-17(26)16-22-18-21-12(3)11-13(4)25(18)24-16/h7-11H,5-6H2,1-4H3,(H,23,26). The molecule has 1 amide bonds. The van der Waals surface area contributed by atoms with Gasteiger partial charge in [-0.05, 0) is 50.5 Å². The van der Waals surface area contributed by atoms with Crippen LogP contribution in [0, 0.1) is 13.8 Å². The van der Waals surface area contributed by atoms with Crippen molar-refractivity contribution >= 4 is 23.3 Å². The average molecular weight is 372 g/mol. The molecule has 0 aliphatic heterocycles. The summed E-state index contributed by atoms with van der Waals surface area (Å²) >= 11 is 6.01. The molecule has 0 radical (unpaired) electrons. The Morgan fingerprint density at radius 1 is 1.15 bits per heavy atom. The number of fused-ring (bicyclic) bond motifs is 1. The van der Waals surface area contributed by atoms with Crippen LogP contribution in [0.25, 0.3) is 5.78 Å². The SMILES string of the molecule is CCC(CC)(NC(=O)c1nc2nc(C)cc(C)n2n1)c1ccc(Cl)cc1. The molecule has 3 rings (SSSR count). The zero-order valence-electron chi connectivity index (χ0n) is 15.4. The molecular formula is C19H22ClN5O. The lowest BCUT2D eigenvalue weighted by molar-refractivity contribution is 0.0879. The van der Waals surface area contributed by atoms with E-state index >= 15 is 0 Å². The Bertz CT molecular complexity index is 944.